The van der Waals surface area contributed by atoms with Gasteiger partial charge in [-0.15, -0.1) is 0 Å². The van der Waals surface area contributed by atoms with Crippen LogP contribution in [-0.4, -0.2) is 18.2 Å². The highest BCUT2D eigenvalue weighted by Gasteiger charge is 2.22. The smallest absolute Gasteiger partial charge is 0.311 e. The van der Waals surface area contributed by atoms with Gasteiger partial charge in [0.05, 0.1) is 13.0 Å². The zero-order chi connectivity index (χ0) is 17.8. The van der Waals surface area contributed by atoms with Crippen molar-refractivity contribution in [2.75, 3.05) is 7.11 Å². The van der Waals surface area contributed by atoms with Crippen LogP contribution in [-0.2, 0) is 17.6 Å². The number of benzene rings is 3. The zero-order valence-electron chi connectivity index (χ0n) is 14.5. The average molecular weight is 334 g/mol. The summed E-state index contributed by atoms with van der Waals surface area (Å²) in [5, 5.41) is 12.1. The van der Waals surface area contributed by atoms with Crippen LogP contribution in [0.1, 0.15) is 29.5 Å². The summed E-state index contributed by atoms with van der Waals surface area (Å²) >= 11 is 0. The number of carbonyl (C=O) groups is 1. The van der Waals surface area contributed by atoms with Crippen molar-refractivity contribution in [2.45, 2.75) is 25.7 Å². The molecule has 0 saturated carbocycles. The van der Waals surface area contributed by atoms with Crippen LogP contribution >= 0.6 is 0 Å². The third kappa shape index (κ3) is 3.50. The number of carboxylic acids is 1. The predicted octanol–water partition coefficient (Wildman–Crippen LogP) is 4.82. The van der Waals surface area contributed by atoms with Crippen molar-refractivity contribution in [3.63, 3.8) is 0 Å². The number of fused-ring (bicyclic) bond motifs is 1. The molecule has 25 heavy (non-hydrogen) atoms. The fourth-order valence-electron chi connectivity index (χ4n) is 3.33. The minimum Gasteiger partial charge on any atom is -0.496 e. The second-order valence-corrected chi connectivity index (χ2v) is 6.16. The molecular formula is C22H22O3. The van der Waals surface area contributed by atoms with Crippen LogP contribution in [0.5, 0.6) is 5.75 Å². The molecule has 3 heteroatoms. The number of ether oxygens (including phenoxy) is 1. The van der Waals surface area contributed by atoms with Gasteiger partial charge < -0.3 is 9.84 Å². The van der Waals surface area contributed by atoms with Crippen molar-refractivity contribution < 1.29 is 14.6 Å². The molecule has 3 nitrogen and oxygen atoms in total. The minimum absolute atomic E-state index is 0.464. The van der Waals surface area contributed by atoms with Crippen molar-refractivity contribution in [3.05, 3.63) is 77.4 Å². The number of methoxy groups -OCH3 is 1. The van der Waals surface area contributed by atoms with Gasteiger partial charge in [-0.05, 0) is 46.4 Å². The molecule has 1 N–H and O–H groups in total. The largest absolute Gasteiger partial charge is 0.496 e. The molecule has 0 fully saturated rings. The van der Waals surface area contributed by atoms with Gasteiger partial charge in [-0.25, -0.2) is 0 Å². The van der Waals surface area contributed by atoms with Gasteiger partial charge in [0.25, 0.3) is 0 Å². The van der Waals surface area contributed by atoms with Gasteiger partial charge in [-0.3, -0.25) is 4.79 Å². The molecule has 0 aliphatic heterocycles. The minimum atomic E-state index is -0.805. The second kappa shape index (κ2) is 7.39. The Hall–Kier alpha value is -2.81. The van der Waals surface area contributed by atoms with Gasteiger partial charge in [0.2, 0.25) is 0 Å². The number of hydrogen-bond donors (Lipinski definition) is 1. The van der Waals surface area contributed by atoms with E-state index >= 15 is 0 Å². The summed E-state index contributed by atoms with van der Waals surface area (Å²) in [7, 11) is 1.64. The first kappa shape index (κ1) is 17.0. The van der Waals surface area contributed by atoms with Crippen LogP contribution in [0.4, 0.5) is 0 Å². The summed E-state index contributed by atoms with van der Waals surface area (Å²) in [5.74, 6) is -0.581. The van der Waals surface area contributed by atoms with E-state index in [2.05, 4.69) is 18.2 Å². The summed E-state index contributed by atoms with van der Waals surface area (Å²) in [6.07, 6.45) is 1.27. The van der Waals surface area contributed by atoms with E-state index in [-0.39, 0.29) is 0 Å². The molecular weight excluding hydrogens is 312 g/mol. The van der Waals surface area contributed by atoms with E-state index in [0.717, 1.165) is 39.6 Å². The molecule has 0 amide bonds. The van der Waals surface area contributed by atoms with E-state index in [0.29, 0.717) is 6.42 Å². The monoisotopic (exact) mass is 334 g/mol. The van der Waals surface area contributed by atoms with E-state index in [9.17, 15) is 9.90 Å². The fourth-order valence-corrected chi connectivity index (χ4v) is 3.33. The molecule has 0 aliphatic rings. The lowest BCUT2D eigenvalue weighted by Gasteiger charge is -2.17. The maximum Gasteiger partial charge on any atom is 0.311 e. The highest BCUT2D eigenvalue weighted by Crippen LogP contribution is 2.29. The van der Waals surface area contributed by atoms with Gasteiger partial charge >= 0.3 is 5.97 Å². The molecule has 0 radical (unpaired) electrons. The first-order chi connectivity index (χ1) is 12.1. The number of aryl methyl sites for hydroxylation is 1. The molecule has 3 rings (SSSR count). The Morgan fingerprint density at radius 3 is 2.52 bits per heavy atom. The van der Waals surface area contributed by atoms with E-state index in [1.165, 1.54) is 0 Å². The summed E-state index contributed by atoms with van der Waals surface area (Å²) in [6, 6.07) is 19.8. The van der Waals surface area contributed by atoms with E-state index < -0.39 is 11.9 Å². The predicted molar refractivity (Wildman–Crippen MR) is 100 cm³/mol. The highest BCUT2D eigenvalue weighted by molar-refractivity contribution is 5.86. The van der Waals surface area contributed by atoms with Crippen molar-refractivity contribution in [2.24, 2.45) is 0 Å². The van der Waals surface area contributed by atoms with Gasteiger partial charge in [-0.1, -0.05) is 61.5 Å². The van der Waals surface area contributed by atoms with Gasteiger partial charge in [0, 0.05) is 0 Å². The quantitative estimate of drug-likeness (QED) is 0.703. The zero-order valence-corrected chi connectivity index (χ0v) is 14.5. The molecule has 0 bridgehead atoms. The molecule has 3 aromatic carbocycles. The standard InChI is InChI=1S/C22H22O3/c1-3-15-13-18(11-12-21(15)25-2)20(22(23)24)14-17-9-6-8-16-7-4-5-10-19(16)17/h4-13,20H,3,14H2,1-2H3,(H,23,24). The topological polar surface area (TPSA) is 46.5 Å². The molecule has 0 aliphatic carbocycles. The Morgan fingerprint density at radius 2 is 1.80 bits per heavy atom. The number of hydrogen-bond acceptors (Lipinski definition) is 2. The van der Waals surface area contributed by atoms with Crippen molar-refractivity contribution in [3.8, 4) is 5.75 Å². The third-order valence-corrected chi connectivity index (χ3v) is 4.69. The Morgan fingerprint density at radius 1 is 1.04 bits per heavy atom. The molecule has 0 heterocycles. The van der Waals surface area contributed by atoms with Crippen LogP contribution in [0, 0.1) is 0 Å². The first-order valence-electron chi connectivity index (χ1n) is 8.50. The SMILES string of the molecule is CCc1cc(C(Cc2cccc3ccccc23)C(=O)O)ccc1OC. The Labute approximate surface area is 147 Å². The highest BCUT2D eigenvalue weighted by atomic mass is 16.5. The Bertz CT molecular complexity index is 893. The normalized spacial score (nSPS) is 12.1. The van der Waals surface area contributed by atoms with Gasteiger partial charge in [-0.2, -0.15) is 0 Å². The molecule has 0 spiro atoms. The number of aliphatic carboxylic acids is 1. The maximum atomic E-state index is 12.0. The third-order valence-electron chi connectivity index (χ3n) is 4.69. The van der Waals surface area contributed by atoms with Crippen LogP contribution in [0.25, 0.3) is 10.8 Å². The number of carboxylic acid groups (broad SMARTS) is 1. The van der Waals surface area contributed by atoms with Crippen molar-refractivity contribution >= 4 is 16.7 Å². The summed E-state index contributed by atoms with van der Waals surface area (Å²) in [6.45, 7) is 2.04. The van der Waals surface area contributed by atoms with E-state index in [1.54, 1.807) is 7.11 Å². The van der Waals surface area contributed by atoms with Crippen LogP contribution in [0.3, 0.4) is 0 Å². The molecule has 128 valence electrons. The Balaban J connectivity index is 2.01. The lowest BCUT2D eigenvalue weighted by Crippen LogP contribution is -2.15. The molecule has 1 unspecified atom stereocenters. The molecule has 0 aromatic heterocycles. The molecule has 0 saturated heterocycles. The van der Waals surface area contributed by atoms with E-state index in [4.69, 9.17) is 4.74 Å². The second-order valence-electron chi connectivity index (χ2n) is 6.16. The lowest BCUT2D eigenvalue weighted by atomic mass is 9.88. The maximum absolute atomic E-state index is 12.0. The number of rotatable bonds is 6. The lowest BCUT2D eigenvalue weighted by molar-refractivity contribution is -0.138. The Kier molecular flexibility index (Phi) is 5.03. The average Bonchev–Trinajstić information content (AvgIpc) is 2.65. The summed E-state index contributed by atoms with van der Waals surface area (Å²) < 4.78 is 5.36. The summed E-state index contributed by atoms with van der Waals surface area (Å²) in [5.41, 5.74) is 2.90. The van der Waals surface area contributed by atoms with Crippen LogP contribution in [0.2, 0.25) is 0 Å². The van der Waals surface area contributed by atoms with E-state index in [1.807, 2.05) is 49.4 Å². The van der Waals surface area contributed by atoms with Crippen LogP contribution < -0.4 is 4.74 Å². The van der Waals surface area contributed by atoms with Gasteiger partial charge in [0.15, 0.2) is 0 Å². The summed E-state index contributed by atoms with van der Waals surface area (Å²) in [4.78, 5) is 12.0. The molecule has 3 aromatic rings. The van der Waals surface area contributed by atoms with Crippen molar-refractivity contribution in [1.29, 1.82) is 0 Å². The molecule has 1 atom stereocenters. The van der Waals surface area contributed by atoms with Crippen LogP contribution in [0.15, 0.2) is 60.7 Å². The van der Waals surface area contributed by atoms with Gasteiger partial charge in [0.1, 0.15) is 5.75 Å². The fraction of sp³-hybridized carbons (Fsp3) is 0.227. The van der Waals surface area contributed by atoms with Crippen molar-refractivity contribution in [1.82, 2.24) is 0 Å². The first-order valence-corrected chi connectivity index (χ1v) is 8.50.